The van der Waals surface area contributed by atoms with Crippen LogP contribution in [-0.2, 0) is 14.8 Å². The molecule has 2 aromatic carbocycles. The zero-order chi connectivity index (χ0) is 22.1. The van der Waals surface area contributed by atoms with Crippen LogP contribution in [0, 0.1) is 0 Å². The summed E-state index contributed by atoms with van der Waals surface area (Å²) >= 11 is 1.59. The Morgan fingerprint density at radius 1 is 0.969 bits per heavy atom. The van der Waals surface area contributed by atoms with Gasteiger partial charge in [0.1, 0.15) is 0 Å². The van der Waals surface area contributed by atoms with Crippen molar-refractivity contribution in [1.82, 2.24) is 14.6 Å². The summed E-state index contributed by atoms with van der Waals surface area (Å²) in [4.78, 5) is 18.6. The average Bonchev–Trinajstić information content (AvgIpc) is 3.50. The number of hydrogen-bond donors (Lipinski definition) is 1. The van der Waals surface area contributed by atoms with E-state index in [1.165, 1.54) is 0 Å². The molecule has 1 atom stereocenters. The third-order valence-corrected chi connectivity index (χ3v) is 8.85. The first-order valence-corrected chi connectivity index (χ1v) is 13.0. The van der Waals surface area contributed by atoms with Crippen LogP contribution in [0.15, 0.2) is 64.9 Å². The monoisotopic (exact) mass is 468 g/mol. The molecule has 166 valence electrons. The number of hydrogen-bond acceptors (Lipinski definition) is 6. The minimum atomic E-state index is -3.55. The summed E-state index contributed by atoms with van der Waals surface area (Å²) in [6.45, 7) is 2.66. The molecule has 2 saturated heterocycles. The van der Waals surface area contributed by atoms with E-state index < -0.39 is 10.0 Å². The molecule has 2 aliphatic heterocycles. The van der Waals surface area contributed by atoms with Crippen molar-refractivity contribution in [3.8, 4) is 11.3 Å². The molecular weight excluding hydrogens is 444 g/mol. The predicted octanol–water partition coefficient (Wildman–Crippen LogP) is 2.92. The van der Waals surface area contributed by atoms with Crippen molar-refractivity contribution in [2.24, 2.45) is 0 Å². The van der Waals surface area contributed by atoms with E-state index >= 15 is 0 Å². The van der Waals surface area contributed by atoms with Crippen LogP contribution in [0.4, 0.5) is 5.13 Å². The van der Waals surface area contributed by atoms with E-state index in [1.54, 1.807) is 27.8 Å². The molecule has 5 rings (SSSR count). The first kappa shape index (κ1) is 21.1. The highest BCUT2D eigenvalue weighted by molar-refractivity contribution is 7.89. The third-order valence-electron chi connectivity index (χ3n) is 6.04. The summed E-state index contributed by atoms with van der Waals surface area (Å²) in [7, 11) is -3.55. The van der Waals surface area contributed by atoms with Crippen LogP contribution in [0.25, 0.3) is 11.3 Å². The van der Waals surface area contributed by atoms with Gasteiger partial charge in [-0.15, -0.1) is 11.3 Å². The fourth-order valence-corrected chi connectivity index (χ4v) is 6.48. The SMILES string of the molecule is O=C1C[C@@H](c2ccc(S(=O)(=O)N3CCN(c4nc(-c5ccccc5)cs4)CC3)cc2)CN1. The number of anilines is 1. The van der Waals surface area contributed by atoms with Gasteiger partial charge in [0.15, 0.2) is 5.13 Å². The number of carbonyl (C=O) groups excluding carboxylic acids is 1. The van der Waals surface area contributed by atoms with Crippen LogP contribution < -0.4 is 10.2 Å². The standard InChI is InChI=1S/C23H24N4O3S2/c28-22-14-19(15-24-22)17-6-8-20(9-7-17)32(29,30)27-12-10-26(11-13-27)23-25-21(16-31-23)18-4-2-1-3-5-18/h1-9,16,19H,10-15H2,(H,24,28)/t19-/m1/s1. The van der Waals surface area contributed by atoms with Crippen molar-refractivity contribution in [2.45, 2.75) is 17.2 Å². The average molecular weight is 469 g/mol. The van der Waals surface area contributed by atoms with Gasteiger partial charge in [0.05, 0.1) is 10.6 Å². The van der Waals surface area contributed by atoms with E-state index in [2.05, 4.69) is 10.2 Å². The molecule has 7 nitrogen and oxygen atoms in total. The Morgan fingerprint density at radius 3 is 2.34 bits per heavy atom. The Balaban J connectivity index is 1.24. The Bertz CT molecular complexity index is 1200. The van der Waals surface area contributed by atoms with Crippen molar-refractivity contribution < 1.29 is 13.2 Å². The van der Waals surface area contributed by atoms with Gasteiger partial charge in [-0.3, -0.25) is 4.79 Å². The summed E-state index contributed by atoms with van der Waals surface area (Å²) in [6.07, 6.45) is 0.455. The van der Waals surface area contributed by atoms with Gasteiger partial charge in [-0.1, -0.05) is 42.5 Å². The van der Waals surface area contributed by atoms with Crippen molar-refractivity contribution in [1.29, 1.82) is 0 Å². The summed E-state index contributed by atoms with van der Waals surface area (Å²) < 4.78 is 27.8. The highest BCUT2D eigenvalue weighted by Gasteiger charge is 2.30. The number of thiazole rings is 1. The molecule has 0 saturated carbocycles. The smallest absolute Gasteiger partial charge is 0.243 e. The van der Waals surface area contributed by atoms with Crippen molar-refractivity contribution >= 4 is 32.4 Å². The molecule has 32 heavy (non-hydrogen) atoms. The van der Waals surface area contributed by atoms with Crippen LogP contribution in [0.1, 0.15) is 17.9 Å². The Labute approximate surface area is 191 Å². The molecule has 0 aliphatic carbocycles. The minimum Gasteiger partial charge on any atom is -0.355 e. The fraction of sp³-hybridized carbons (Fsp3) is 0.304. The van der Waals surface area contributed by atoms with Gasteiger partial charge in [0, 0.05) is 56.0 Å². The van der Waals surface area contributed by atoms with Crippen LogP contribution >= 0.6 is 11.3 Å². The molecule has 2 aliphatic rings. The molecule has 1 N–H and O–H groups in total. The number of amides is 1. The lowest BCUT2D eigenvalue weighted by atomic mass is 9.99. The quantitative estimate of drug-likeness (QED) is 0.623. The molecule has 1 amide bonds. The lowest BCUT2D eigenvalue weighted by molar-refractivity contribution is -0.119. The molecule has 3 heterocycles. The zero-order valence-electron chi connectivity index (χ0n) is 17.5. The third kappa shape index (κ3) is 4.15. The zero-order valence-corrected chi connectivity index (χ0v) is 19.1. The Morgan fingerprint density at radius 2 is 1.69 bits per heavy atom. The molecule has 9 heteroatoms. The van der Waals surface area contributed by atoms with Crippen LogP contribution in [0.5, 0.6) is 0 Å². The van der Waals surface area contributed by atoms with Crippen molar-refractivity contribution in [3.63, 3.8) is 0 Å². The largest absolute Gasteiger partial charge is 0.355 e. The highest BCUT2D eigenvalue weighted by Crippen LogP contribution is 2.29. The molecule has 1 aromatic heterocycles. The van der Waals surface area contributed by atoms with Gasteiger partial charge in [-0.25, -0.2) is 13.4 Å². The minimum absolute atomic E-state index is 0.0423. The number of sulfonamides is 1. The number of benzene rings is 2. The first-order chi connectivity index (χ1) is 15.5. The molecule has 0 unspecified atom stereocenters. The second-order valence-electron chi connectivity index (χ2n) is 8.05. The second kappa shape index (κ2) is 8.65. The molecule has 0 radical (unpaired) electrons. The lowest BCUT2D eigenvalue weighted by Gasteiger charge is -2.33. The fourth-order valence-electron chi connectivity index (χ4n) is 4.17. The predicted molar refractivity (Wildman–Crippen MR) is 125 cm³/mol. The number of nitrogens with zero attached hydrogens (tertiary/aromatic N) is 3. The maximum atomic E-state index is 13.1. The van der Waals surface area contributed by atoms with E-state index in [0.29, 0.717) is 44.0 Å². The van der Waals surface area contributed by atoms with Gasteiger partial charge in [-0.2, -0.15) is 4.31 Å². The molecule has 2 fully saturated rings. The maximum absolute atomic E-state index is 13.1. The van der Waals surface area contributed by atoms with Crippen LogP contribution in [-0.4, -0.2) is 56.3 Å². The normalized spacial score (nSPS) is 19.8. The molecule has 0 spiro atoms. The van der Waals surface area contributed by atoms with Crippen LogP contribution in [0.2, 0.25) is 0 Å². The first-order valence-electron chi connectivity index (χ1n) is 10.6. The maximum Gasteiger partial charge on any atom is 0.243 e. The van der Waals surface area contributed by atoms with Gasteiger partial charge >= 0.3 is 0 Å². The van der Waals surface area contributed by atoms with Crippen molar-refractivity contribution in [2.75, 3.05) is 37.6 Å². The van der Waals surface area contributed by atoms with Gasteiger partial charge in [0.2, 0.25) is 15.9 Å². The number of rotatable bonds is 5. The molecule has 3 aromatic rings. The summed E-state index contributed by atoms with van der Waals surface area (Å²) in [5.74, 6) is 0.155. The van der Waals surface area contributed by atoms with E-state index in [1.807, 2.05) is 47.8 Å². The van der Waals surface area contributed by atoms with Gasteiger partial charge in [0.25, 0.3) is 0 Å². The number of piperazine rings is 1. The number of nitrogens with one attached hydrogen (secondary N) is 1. The van der Waals surface area contributed by atoms with Crippen molar-refractivity contribution in [3.05, 3.63) is 65.5 Å². The number of aromatic nitrogens is 1. The lowest BCUT2D eigenvalue weighted by Crippen LogP contribution is -2.48. The molecule has 0 bridgehead atoms. The summed E-state index contributed by atoms with van der Waals surface area (Å²) in [5.41, 5.74) is 3.02. The highest BCUT2D eigenvalue weighted by atomic mass is 32.2. The van der Waals surface area contributed by atoms with E-state index in [9.17, 15) is 13.2 Å². The van der Waals surface area contributed by atoms with E-state index in [-0.39, 0.29) is 11.8 Å². The van der Waals surface area contributed by atoms with E-state index in [0.717, 1.165) is 22.0 Å². The summed E-state index contributed by atoms with van der Waals surface area (Å²) in [5, 5.41) is 5.78. The van der Waals surface area contributed by atoms with Crippen LogP contribution in [0.3, 0.4) is 0 Å². The van der Waals surface area contributed by atoms with E-state index in [4.69, 9.17) is 4.98 Å². The second-order valence-corrected chi connectivity index (χ2v) is 10.8. The summed E-state index contributed by atoms with van der Waals surface area (Å²) in [6, 6.07) is 17.0. The topological polar surface area (TPSA) is 82.6 Å². The van der Waals surface area contributed by atoms with Gasteiger partial charge in [-0.05, 0) is 17.7 Å². The van der Waals surface area contributed by atoms with Gasteiger partial charge < -0.3 is 10.2 Å². The molecular formula is C23H24N4O3S2. The number of carbonyl (C=O) groups is 1. The Kier molecular flexibility index (Phi) is 5.71. The Hall–Kier alpha value is -2.75.